The van der Waals surface area contributed by atoms with E-state index in [0.29, 0.717) is 31.8 Å². The van der Waals surface area contributed by atoms with Gasteiger partial charge in [0.2, 0.25) is 10.0 Å². The van der Waals surface area contributed by atoms with Gasteiger partial charge < -0.3 is 14.1 Å². The third-order valence-corrected chi connectivity index (χ3v) is 6.50. The molecule has 0 unspecified atom stereocenters. The van der Waals surface area contributed by atoms with Crippen molar-refractivity contribution in [3.63, 3.8) is 0 Å². The maximum Gasteiger partial charge on any atom is 0.410 e. The molecule has 3 heterocycles. The zero-order chi connectivity index (χ0) is 19.4. The Balaban J connectivity index is 1.46. The molecule has 0 spiro atoms. The van der Waals surface area contributed by atoms with E-state index in [9.17, 15) is 13.2 Å². The van der Waals surface area contributed by atoms with Gasteiger partial charge in [0, 0.05) is 31.6 Å². The molecule has 2 aromatic rings. The molecule has 1 aromatic heterocycles. The molecule has 0 atom stereocenters. The number of furan rings is 1. The number of nitrogens with zero attached hydrogens (tertiary/aromatic N) is 2. The lowest BCUT2D eigenvalue weighted by Gasteiger charge is -2.26. The molecule has 1 amide bonds. The Kier molecular flexibility index (Phi) is 4.08. The number of sulfonamides is 1. The minimum absolute atomic E-state index is 0.251. The fraction of sp³-hybridized carbons (Fsp3) is 0.421. The molecule has 0 fully saturated rings. The van der Waals surface area contributed by atoms with E-state index in [2.05, 4.69) is 0 Å². The number of rotatable bonds is 2. The van der Waals surface area contributed by atoms with Crippen LogP contribution in [0.3, 0.4) is 0 Å². The molecule has 0 aliphatic carbocycles. The third-order valence-electron chi connectivity index (χ3n) is 4.71. The van der Waals surface area contributed by atoms with E-state index in [1.165, 1.54) is 10.6 Å². The lowest BCUT2D eigenvalue weighted by atomic mass is 10.2. The van der Waals surface area contributed by atoms with Gasteiger partial charge >= 0.3 is 6.09 Å². The van der Waals surface area contributed by atoms with Crippen LogP contribution in [0, 0.1) is 0 Å². The van der Waals surface area contributed by atoms with E-state index in [1.807, 2.05) is 20.8 Å². The van der Waals surface area contributed by atoms with Gasteiger partial charge in [-0.2, -0.15) is 4.31 Å². The van der Waals surface area contributed by atoms with E-state index in [-0.39, 0.29) is 11.0 Å². The molecule has 0 saturated heterocycles. The highest BCUT2D eigenvalue weighted by atomic mass is 32.2. The van der Waals surface area contributed by atoms with Crippen molar-refractivity contribution in [2.75, 3.05) is 26.2 Å². The van der Waals surface area contributed by atoms with Gasteiger partial charge in [-0.3, -0.25) is 0 Å². The van der Waals surface area contributed by atoms with E-state index in [4.69, 9.17) is 9.15 Å². The smallest absolute Gasteiger partial charge is 0.410 e. The zero-order valence-electron chi connectivity index (χ0n) is 15.6. The third kappa shape index (κ3) is 3.35. The molecule has 27 heavy (non-hydrogen) atoms. The maximum absolute atomic E-state index is 13.0. The number of benzene rings is 1. The lowest BCUT2D eigenvalue weighted by Crippen LogP contribution is -2.39. The quantitative estimate of drug-likeness (QED) is 0.737. The van der Waals surface area contributed by atoms with Crippen molar-refractivity contribution in [3.8, 4) is 0 Å². The molecule has 8 heteroatoms. The van der Waals surface area contributed by atoms with Gasteiger partial charge in [-0.05, 0) is 56.2 Å². The largest absolute Gasteiger partial charge is 0.464 e. The first-order valence-electron chi connectivity index (χ1n) is 8.79. The maximum atomic E-state index is 13.0. The molecule has 2 aliphatic heterocycles. The van der Waals surface area contributed by atoms with Gasteiger partial charge in [0.25, 0.3) is 0 Å². The Morgan fingerprint density at radius 1 is 1.07 bits per heavy atom. The molecule has 4 rings (SSSR count). The van der Waals surface area contributed by atoms with Crippen LogP contribution in [0.5, 0.6) is 0 Å². The van der Waals surface area contributed by atoms with Gasteiger partial charge in [0.1, 0.15) is 11.2 Å². The number of carbonyl (C=O) groups is 1. The number of fused-ring (bicyclic) bond motifs is 1. The first-order chi connectivity index (χ1) is 12.6. The highest BCUT2D eigenvalue weighted by Crippen LogP contribution is 2.31. The van der Waals surface area contributed by atoms with E-state index in [1.54, 1.807) is 29.2 Å². The van der Waals surface area contributed by atoms with Gasteiger partial charge in [-0.15, -0.1) is 0 Å². The molecule has 0 bridgehead atoms. The minimum Gasteiger partial charge on any atom is -0.464 e. The number of hydrogen-bond acceptors (Lipinski definition) is 5. The fourth-order valence-corrected chi connectivity index (χ4v) is 4.89. The first kappa shape index (κ1) is 18.1. The summed E-state index contributed by atoms with van der Waals surface area (Å²) < 4.78 is 38.1. The van der Waals surface area contributed by atoms with Crippen LogP contribution in [0.2, 0.25) is 0 Å². The second-order valence-electron chi connectivity index (χ2n) is 7.94. The molecular formula is C19H22N2O5S. The van der Waals surface area contributed by atoms with Crippen molar-refractivity contribution in [2.24, 2.45) is 0 Å². The molecule has 7 nitrogen and oxygen atoms in total. The van der Waals surface area contributed by atoms with Gasteiger partial charge in [0.15, 0.2) is 0 Å². The number of carbonyl (C=O) groups excluding carboxylic acids is 1. The van der Waals surface area contributed by atoms with Crippen molar-refractivity contribution in [1.29, 1.82) is 0 Å². The van der Waals surface area contributed by atoms with Crippen LogP contribution in [0.25, 0.3) is 11.0 Å². The van der Waals surface area contributed by atoms with E-state index >= 15 is 0 Å². The van der Waals surface area contributed by atoms with Crippen molar-refractivity contribution < 1.29 is 22.4 Å². The second kappa shape index (κ2) is 6.10. The van der Waals surface area contributed by atoms with Crippen LogP contribution in [-0.4, -0.2) is 55.5 Å². The topological polar surface area (TPSA) is 80.1 Å². The monoisotopic (exact) mass is 390 g/mol. The summed E-state index contributed by atoms with van der Waals surface area (Å²) in [5.74, 6) is 0. The van der Waals surface area contributed by atoms with E-state index in [0.717, 1.165) is 16.5 Å². The molecule has 144 valence electrons. The molecule has 1 aromatic carbocycles. The SMILES string of the molecule is CC(C)(C)OC(=O)N1CC2=C(C1)CN(S(=O)(=O)c1ccc3occc3c1)C2. The normalized spacial score (nSPS) is 18.4. The molecular weight excluding hydrogens is 368 g/mol. The minimum atomic E-state index is -3.60. The van der Waals surface area contributed by atoms with Crippen LogP contribution < -0.4 is 0 Å². The fourth-order valence-electron chi connectivity index (χ4n) is 3.43. The number of ether oxygens (including phenoxy) is 1. The van der Waals surface area contributed by atoms with Crippen molar-refractivity contribution in [1.82, 2.24) is 9.21 Å². The van der Waals surface area contributed by atoms with Crippen LogP contribution >= 0.6 is 0 Å². The van der Waals surface area contributed by atoms with Crippen LogP contribution in [-0.2, 0) is 14.8 Å². The summed E-state index contributed by atoms with van der Waals surface area (Å²) in [6, 6.07) is 6.61. The van der Waals surface area contributed by atoms with Crippen molar-refractivity contribution in [3.05, 3.63) is 41.7 Å². The highest BCUT2D eigenvalue weighted by Gasteiger charge is 2.38. The first-order valence-corrected chi connectivity index (χ1v) is 10.2. The van der Waals surface area contributed by atoms with Crippen LogP contribution in [0.1, 0.15) is 20.8 Å². The summed E-state index contributed by atoms with van der Waals surface area (Å²) >= 11 is 0. The standard InChI is InChI=1S/C19H22N2O5S/c1-19(2,3)26-18(22)20-9-14-11-21(12-15(14)10-20)27(23,24)16-4-5-17-13(8-16)6-7-25-17/h4-8H,9-12H2,1-3H3. The summed E-state index contributed by atoms with van der Waals surface area (Å²) in [4.78, 5) is 14.1. The second-order valence-corrected chi connectivity index (χ2v) is 9.87. The van der Waals surface area contributed by atoms with Gasteiger partial charge in [-0.25, -0.2) is 13.2 Å². The molecule has 0 saturated carbocycles. The summed E-state index contributed by atoms with van der Waals surface area (Å²) in [6.45, 7) is 6.92. The Bertz CT molecular complexity index is 1030. The summed E-state index contributed by atoms with van der Waals surface area (Å²) in [7, 11) is -3.60. The Morgan fingerprint density at radius 3 is 2.37 bits per heavy atom. The van der Waals surface area contributed by atoms with Gasteiger partial charge in [0.05, 0.1) is 11.2 Å². The summed E-state index contributed by atoms with van der Waals surface area (Å²) in [5.41, 5.74) is 2.07. The molecule has 0 N–H and O–H groups in total. The average Bonchev–Trinajstić information content (AvgIpc) is 3.26. The van der Waals surface area contributed by atoms with Crippen LogP contribution in [0.15, 0.2) is 51.0 Å². The predicted molar refractivity (Wildman–Crippen MR) is 99.8 cm³/mol. The number of amides is 1. The van der Waals surface area contributed by atoms with Gasteiger partial charge in [-0.1, -0.05) is 0 Å². The molecule has 0 radical (unpaired) electrons. The predicted octanol–water partition coefficient (Wildman–Crippen LogP) is 2.98. The highest BCUT2D eigenvalue weighted by molar-refractivity contribution is 7.89. The lowest BCUT2D eigenvalue weighted by molar-refractivity contribution is 0.0295. The zero-order valence-corrected chi connectivity index (χ0v) is 16.4. The average molecular weight is 390 g/mol. The Hall–Kier alpha value is -2.32. The van der Waals surface area contributed by atoms with E-state index < -0.39 is 15.6 Å². The number of hydrogen-bond donors (Lipinski definition) is 0. The molecule has 2 aliphatic rings. The summed E-state index contributed by atoms with van der Waals surface area (Å²) in [5, 5.41) is 0.756. The Labute approximate surface area is 158 Å². The Morgan fingerprint density at radius 2 is 1.74 bits per heavy atom. The van der Waals surface area contributed by atoms with Crippen molar-refractivity contribution in [2.45, 2.75) is 31.3 Å². The van der Waals surface area contributed by atoms with Crippen LogP contribution in [0.4, 0.5) is 4.79 Å². The summed E-state index contributed by atoms with van der Waals surface area (Å²) in [6.07, 6.45) is 1.18. The van der Waals surface area contributed by atoms with Crippen molar-refractivity contribution >= 4 is 27.1 Å².